The molecule has 0 aliphatic carbocycles. The van der Waals surface area contributed by atoms with Crippen molar-refractivity contribution in [2.75, 3.05) is 54.1 Å². The zero-order valence-electron chi connectivity index (χ0n) is 21.9. The van der Waals surface area contributed by atoms with Gasteiger partial charge in [-0.25, -0.2) is 0 Å². The second-order valence-electron chi connectivity index (χ2n) is 8.80. The number of nitrogens with one attached hydrogen (secondary N) is 2. The monoisotopic (exact) mass is 534 g/mol. The first-order valence-corrected chi connectivity index (χ1v) is 11.5. The summed E-state index contributed by atoms with van der Waals surface area (Å²) in [7, 11) is 6.16. The van der Waals surface area contributed by atoms with Gasteiger partial charge in [-0.05, 0) is 24.8 Å². The van der Waals surface area contributed by atoms with Gasteiger partial charge in [0.15, 0.2) is 5.96 Å². The number of guanidine groups is 1. The maximum Gasteiger partial charge on any atom is 0.320 e. The molecular weight excluding hydrogens is 488 g/mol. The van der Waals surface area contributed by atoms with Crippen molar-refractivity contribution in [1.82, 2.24) is 5.32 Å². The average Bonchev–Trinajstić information content (AvgIpc) is 2.82. The van der Waals surface area contributed by atoms with Gasteiger partial charge in [-0.3, -0.25) is 10.2 Å². The van der Waals surface area contributed by atoms with E-state index in [2.05, 4.69) is 26.5 Å². The third kappa shape index (κ3) is 31.1. The van der Waals surface area contributed by atoms with Crippen molar-refractivity contribution in [3.05, 3.63) is 35.9 Å². The molecular formula is C23H46N6O8. The SMILES string of the molecule is C[N+](C)(C)CCO.N=C(N)NCCC[C@H](N)C(=O)O.N[C@@H](Cc1ccccc1)C(=O)[O-].OCC(O)CO. The number of hydrogen-bond acceptors (Lipinski definition) is 10. The zero-order valence-corrected chi connectivity index (χ0v) is 21.9. The van der Waals surface area contributed by atoms with Crippen LogP contribution in [0.5, 0.6) is 0 Å². The van der Waals surface area contributed by atoms with E-state index >= 15 is 0 Å². The minimum Gasteiger partial charge on any atom is -0.548 e. The molecule has 1 aromatic rings. The Morgan fingerprint density at radius 1 is 1.05 bits per heavy atom. The Bertz CT molecular complexity index is 715. The molecule has 0 heterocycles. The number of rotatable bonds is 12. The Labute approximate surface area is 218 Å². The number of quaternary nitrogens is 1. The lowest BCUT2D eigenvalue weighted by Crippen LogP contribution is -2.43. The topological polar surface area (TPSA) is 272 Å². The zero-order chi connectivity index (χ0) is 29.4. The second-order valence-corrected chi connectivity index (χ2v) is 8.80. The van der Waals surface area contributed by atoms with E-state index in [9.17, 15) is 14.7 Å². The van der Waals surface area contributed by atoms with Gasteiger partial charge in [0.2, 0.25) is 0 Å². The molecule has 0 spiro atoms. The molecule has 13 N–H and O–H groups in total. The molecule has 0 bridgehead atoms. The molecule has 0 saturated carbocycles. The summed E-state index contributed by atoms with van der Waals surface area (Å²) in [6, 6.07) is 7.50. The molecule has 2 atom stereocenters. The molecule has 0 aliphatic heterocycles. The number of aliphatic hydroxyl groups is 4. The van der Waals surface area contributed by atoms with E-state index in [1.165, 1.54) is 0 Å². The number of carbonyl (C=O) groups excluding carboxylic acids is 1. The van der Waals surface area contributed by atoms with Crippen molar-refractivity contribution in [3.8, 4) is 0 Å². The van der Waals surface area contributed by atoms with Crippen LogP contribution in [0.4, 0.5) is 0 Å². The van der Waals surface area contributed by atoms with Gasteiger partial charge >= 0.3 is 5.97 Å². The van der Waals surface area contributed by atoms with Crippen LogP contribution in [-0.2, 0) is 16.0 Å². The van der Waals surface area contributed by atoms with Gasteiger partial charge in [-0.1, -0.05) is 30.3 Å². The van der Waals surface area contributed by atoms with E-state index in [4.69, 9.17) is 48.1 Å². The summed E-state index contributed by atoms with van der Waals surface area (Å²) in [5.74, 6) is -2.32. The highest BCUT2D eigenvalue weighted by Crippen LogP contribution is 2.00. The van der Waals surface area contributed by atoms with E-state index in [0.29, 0.717) is 25.8 Å². The summed E-state index contributed by atoms with van der Waals surface area (Å²) in [6.45, 7) is 0.868. The van der Waals surface area contributed by atoms with E-state index in [1.807, 2.05) is 30.3 Å². The first kappa shape index (κ1) is 38.7. The molecule has 0 fully saturated rings. The fraction of sp³-hybridized carbons (Fsp3) is 0.609. The molecule has 216 valence electrons. The Balaban J connectivity index is -0.000000436. The van der Waals surface area contributed by atoms with Gasteiger partial charge in [0.25, 0.3) is 0 Å². The number of carboxylic acid groups (broad SMARTS) is 2. The highest BCUT2D eigenvalue weighted by atomic mass is 16.4. The Morgan fingerprint density at radius 3 is 1.86 bits per heavy atom. The van der Waals surface area contributed by atoms with E-state index in [1.54, 1.807) is 0 Å². The minimum absolute atomic E-state index is 0.112. The summed E-state index contributed by atoms with van der Waals surface area (Å²) in [5, 5.41) is 60.4. The van der Waals surface area contributed by atoms with Gasteiger partial charge in [0.1, 0.15) is 18.7 Å². The first-order valence-electron chi connectivity index (χ1n) is 11.5. The molecule has 0 aliphatic rings. The number of hydrogen-bond donors (Lipinski definition) is 10. The van der Waals surface area contributed by atoms with E-state index < -0.39 is 30.1 Å². The van der Waals surface area contributed by atoms with Gasteiger partial charge < -0.3 is 62.4 Å². The maximum absolute atomic E-state index is 10.3. The van der Waals surface area contributed by atoms with E-state index in [0.717, 1.165) is 16.6 Å². The van der Waals surface area contributed by atoms with Crippen LogP contribution >= 0.6 is 0 Å². The van der Waals surface area contributed by atoms with Crippen molar-refractivity contribution >= 4 is 17.9 Å². The lowest BCUT2D eigenvalue weighted by atomic mass is 10.1. The number of nitrogens with two attached hydrogens (primary N) is 3. The molecule has 0 radical (unpaired) electrons. The summed E-state index contributed by atoms with van der Waals surface area (Å²) in [4.78, 5) is 20.5. The smallest absolute Gasteiger partial charge is 0.320 e. The Kier molecular flexibility index (Phi) is 24.6. The van der Waals surface area contributed by atoms with Crippen LogP contribution in [0.15, 0.2) is 30.3 Å². The van der Waals surface area contributed by atoms with E-state index in [-0.39, 0.29) is 25.8 Å². The fourth-order valence-corrected chi connectivity index (χ4v) is 1.98. The highest BCUT2D eigenvalue weighted by Gasteiger charge is 2.09. The molecule has 0 unspecified atom stereocenters. The van der Waals surface area contributed by atoms with Crippen LogP contribution in [-0.4, -0.2) is 120 Å². The van der Waals surface area contributed by atoms with Crippen LogP contribution in [0.2, 0.25) is 0 Å². The number of nitrogens with zero attached hydrogens (tertiary/aromatic N) is 1. The normalized spacial score (nSPS) is 11.8. The Hall–Kier alpha value is -2.85. The molecule has 0 amide bonds. The molecule has 0 aromatic heterocycles. The molecule has 1 aromatic carbocycles. The average molecular weight is 535 g/mol. The lowest BCUT2D eigenvalue weighted by molar-refractivity contribution is -0.870. The van der Waals surface area contributed by atoms with Crippen LogP contribution < -0.4 is 27.6 Å². The number of aliphatic carboxylic acids is 2. The lowest BCUT2D eigenvalue weighted by Gasteiger charge is -2.21. The van der Waals surface area contributed by atoms with Gasteiger partial charge in [-0.2, -0.15) is 0 Å². The van der Waals surface area contributed by atoms with Gasteiger partial charge in [0, 0.05) is 12.6 Å². The first-order chi connectivity index (χ1) is 17.1. The number of carboxylic acids is 2. The molecule has 1 rings (SSSR count). The summed E-state index contributed by atoms with van der Waals surface area (Å²) >= 11 is 0. The highest BCUT2D eigenvalue weighted by molar-refractivity contribution is 5.74. The molecule has 0 saturated heterocycles. The molecule has 14 heteroatoms. The fourth-order valence-electron chi connectivity index (χ4n) is 1.98. The summed E-state index contributed by atoms with van der Waals surface area (Å²) < 4.78 is 0.844. The maximum atomic E-state index is 10.3. The molecule has 14 nitrogen and oxygen atoms in total. The number of likely N-dealkylation sites (N-methyl/N-ethyl adjacent to an activating group) is 1. The summed E-state index contributed by atoms with van der Waals surface area (Å²) in [6.07, 6.45) is 0.344. The predicted molar refractivity (Wildman–Crippen MR) is 138 cm³/mol. The van der Waals surface area contributed by atoms with Crippen LogP contribution in [0, 0.1) is 5.41 Å². The van der Waals surface area contributed by atoms with Crippen molar-refractivity contribution < 1.29 is 44.7 Å². The largest absolute Gasteiger partial charge is 0.548 e. The predicted octanol–water partition coefficient (Wildman–Crippen LogP) is -4.02. The number of carbonyl (C=O) groups is 2. The second kappa shape index (κ2) is 23.5. The third-order valence-electron chi connectivity index (χ3n) is 4.12. The van der Waals surface area contributed by atoms with Crippen molar-refractivity contribution in [1.29, 1.82) is 5.41 Å². The number of aliphatic hydroxyl groups excluding tert-OH is 4. The van der Waals surface area contributed by atoms with Crippen LogP contribution in [0.25, 0.3) is 0 Å². The van der Waals surface area contributed by atoms with Crippen molar-refractivity contribution in [2.45, 2.75) is 37.5 Å². The van der Waals surface area contributed by atoms with Crippen LogP contribution in [0.3, 0.4) is 0 Å². The van der Waals surface area contributed by atoms with Crippen molar-refractivity contribution in [2.24, 2.45) is 17.2 Å². The Morgan fingerprint density at radius 2 is 1.57 bits per heavy atom. The standard InChI is InChI=1S/C9H11NO2.C6H14N4O2.C5H14NO.C3H8O3/c10-8(9(11)12)6-7-4-2-1-3-5-7;7-4(5(11)12)2-1-3-10-6(8)9;1-6(2,3)4-5-7;4-1-3(6)2-5/h1-5,8H,6,10H2,(H,11,12);4H,1-3,7H2,(H,11,12)(H4,8,9,10);7H,4-5H2,1-3H3;3-6H,1-2H2/q;;+1;/p-1/t8-;4-;;/m00../s1. The quantitative estimate of drug-likeness (QED) is 0.0531. The summed E-state index contributed by atoms with van der Waals surface area (Å²) in [5.41, 5.74) is 16.4. The molecule has 37 heavy (non-hydrogen) atoms. The third-order valence-corrected chi connectivity index (χ3v) is 4.12. The number of benzene rings is 1. The van der Waals surface area contributed by atoms with Crippen LogP contribution in [0.1, 0.15) is 18.4 Å². The van der Waals surface area contributed by atoms with Crippen molar-refractivity contribution in [3.63, 3.8) is 0 Å². The minimum atomic E-state index is -1.21. The van der Waals surface area contributed by atoms with Gasteiger partial charge in [-0.15, -0.1) is 0 Å². The van der Waals surface area contributed by atoms with Gasteiger partial charge in [0.05, 0.1) is 46.9 Å².